The highest BCUT2D eigenvalue weighted by atomic mass is 35.5. The molecule has 1 aliphatic rings. The number of alkyl carbamates (subject to hydrolysis) is 1. The Hall–Kier alpha value is -3.14. The molecule has 0 atom stereocenters. The molecular formula is C22H28ClFN6O3. The van der Waals surface area contributed by atoms with E-state index < -0.39 is 23.4 Å². The van der Waals surface area contributed by atoms with Crippen molar-refractivity contribution < 1.29 is 18.7 Å². The Morgan fingerprint density at radius 3 is 2.61 bits per heavy atom. The predicted octanol–water partition coefficient (Wildman–Crippen LogP) is 3.27. The molecule has 11 heteroatoms. The van der Waals surface area contributed by atoms with Crippen LogP contribution in [0.25, 0.3) is 0 Å². The Labute approximate surface area is 196 Å². The molecule has 0 unspecified atom stereocenters. The number of anilines is 2. The molecule has 178 valence electrons. The summed E-state index contributed by atoms with van der Waals surface area (Å²) in [6, 6.07) is 4.22. The van der Waals surface area contributed by atoms with Gasteiger partial charge in [0, 0.05) is 31.9 Å². The number of hydrogen-bond donors (Lipinski definition) is 3. The Balaban J connectivity index is 1.53. The van der Waals surface area contributed by atoms with E-state index in [2.05, 4.69) is 20.6 Å². The summed E-state index contributed by atoms with van der Waals surface area (Å²) in [6.07, 6.45) is 2.35. The molecule has 2 aromatic rings. The first-order valence-electron chi connectivity index (χ1n) is 10.6. The number of halogens is 2. The second-order valence-electron chi connectivity index (χ2n) is 8.81. The Morgan fingerprint density at radius 1 is 1.30 bits per heavy atom. The van der Waals surface area contributed by atoms with Crippen molar-refractivity contribution in [3.05, 3.63) is 46.4 Å². The fraction of sp³-hybridized carbons (Fsp3) is 0.455. The number of carbonyl (C=O) groups excluding carboxylic acids is 2. The second kappa shape index (κ2) is 10.2. The summed E-state index contributed by atoms with van der Waals surface area (Å²) in [7, 11) is 0. The van der Waals surface area contributed by atoms with Crippen LogP contribution in [0, 0.1) is 5.82 Å². The molecular weight excluding hydrogens is 451 g/mol. The van der Waals surface area contributed by atoms with Crippen LogP contribution in [-0.2, 0) is 11.3 Å². The van der Waals surface area contributed by atoms with E-state index in [0.29, 0.717) is 37.4 Å². The van der Waals surface area contributed by atoms with E-state index in [4.69, 9.17) is 22.1 Å². The lowest BCUT2D eigenvalue weighted by molar-refractivity contribution is 0.0497. The first-order chi connectivity index (χ1) is 15.5. The van der Waals surface area contributed by atoms with Gasteiger partial charge in [0.2, 0.25) is 5.95 Å². The molecule has 1 aliphatic heterocycles. The number of carbonyl (C=O) groups is 2. The van der Waals surface area contributed by atoms with Crippen molar-refractivity contribution in [2.75, 3.05) is 23.7 Å². The first-order valence-corrected chi connectivity index (χ1v) is 11.0. The number of hydrogen-bond acceptors (Lipinski definition) is 7. The normalized spacial score (nSPS) is 14.6. The van der Waals surface area contributed by atoms with Gasteiger partial charge in [-0.05, 0) is 51.3 Å². The fourth-order valence-corrected chi connectivity index (χ4v) is 3.54. The van der Waals surface area contributed by atoms with Gasteiger partial charge in [-0.25, -0.2) is 14.2 Å². The summed E-state index contributed by atoms with van der Waals surface area (Å²) >= 11 is 5.76. The SMILES string of the molecule is CC(C)(C)OC(=O)NC1CCN(c2ncc(C(=O)NCc3ccc(F)c(Cl)c3)c(N)n2)CC1. The van der Waals surface area contributed by atoms with Gasteiger partial charge in [-0.15, -0.1) is 0 Å². The topological polar surface area (TPSA) is 122 Å². The van der Waals surface area contributed by atoms with Gasteiger partial charge >= 0.3 is 6.09 Å². The summed E-state index contributed by atoms with van der Waals surface area (Å²) in [5.41, 5.74) is 6.26. The van der Waals surface area contributed by atoms with E-state index in [1.165, 1.54) is 24.4 Å². The maximum atomic E-state index is 13.3. The van der Waals surface area contributed by atoms with Crippen LogP contribution in [0.2, 0.25) is 5.02 Å². The number of aromatic nitrogens is 2. The molecule has 0 spiro atoms. The lowest BCUT2D eigenvalue weighted by atomic mass is 10.1. The van der Waals surface area contributed by atoms with E-state index in [0.717, 1.165) is 0 Å². The summed E-state index contributed by atoms with van der Waals surface area (Å²) in [5, 5.41) is 5.56. The van der Waals surface area contributed by atoms with E-state index in [-0.39, 0.29) is 29.0 Å². The standard InChI is InChI=1S/C22H28ClFN6O3/c1-22(2,3)33-21(32)28-14-6-8-30(9-7-14)20-27-12-15(18(25)29-20)19(31)26-11-13-4-5-17(24)16(23)10-13/h4-5,10,12,14H,6-9,11H2,1-3H3,(H,26,31)(H,28,32)(H2,25,27,29). The highest BCUT2D eigenvalue weighted by Crippen LogP contribution is 2.20. The molecule has 2 heterocycles. The van der Waals surface area contributed by atoms with Crippen LogP contribution in [0.15, 0.2) is 24.4 Å². The number of piperidine rings is 1. The molecule has 1 aromatic carbocycles. The van der Waals surface area contributed by atoms with Crippen LogP contribution >= 0.6 is 11.6 Å². The molecule has 9 nitrogen and oxygen atoms in total. The average molecular weight is 479 g/mol. The molecule has 0 aliphatic carbocycles. The monoisotopic (exact) mass is 478 g/mol. The van der Waals surface area contributed by atoms with E-state index in [1.807, 2.05) is 25.7 Å². The molecule has 1 aromatic heterocycles. The fourth-order valence-electron chi connectivity index (χ4n) is 3.34. The molecule has 2 amide bonds. The molecule has 0 radical (unpaired) electrons. The third kappa shape index (κ3) is 6.92. The molecule has 1 fully saturated rings. The number of ether oxygens (including phenoxy) is 1. The van der Waals surface area contributed by atoms with Gasteiger partial charge in [-0.3, -0.25) is 4.79 Å². The third-order valence-corrected chi connectivity index (χ3v) is 5.28. The minimum atomic E-state index is -0.545. The zero-order valence-corrected chi connectivity index (χ0v) is 19.6. The molecule has 0 saturated carbocycles. The van der Waals surface area contributed by atoms with Crippen LogP contribution in [0.1, 0.15) is 49.5 Å². The summed E-state index contributed by atoms with van der Waals surface area (Å²) in [4.78, 5) is 35.0. The minimum Gasteiger partial charge on any atom is -0.444 e. The maximum absolute atomic E-state index is 13.3. The number of amides is 2. The van der Waals surface area contributed by atoms with E-state index in [9.17, 15) is 14.0 Å². The Kier molecular flexibility index (Phi) is 7.57. The van der Waals surface area contributed by atoms with Crippen molar-refractivity contribution >= 4 is 35.4 Å². The van der Waals surface area contributed by atoms with Gasteiger partial charge < -0.3 is 26.0 Å². The number of benzene rings is 1. The molecule has 1 saturated heterocycles. The van der Waals surface area contributed by atoms with Crippen molar-refractivity contribution in [2.24, 2.45) is 0 Å². The Morgan fingerprint density at radius 2 is 2.00 bits per heavy atom. The van der Waals surface area contributed by atoms with Gasteiger partial charge in [-0.2, -0.15) is 4.98 Å². The van der Waals surface area contributed by atoms with Crippen LogP contribution in [0.3, 0.4) is 0 Å². The zero-order valence-electron chi connectivity index (χ0n) is 18.8. The number of nitrogens with zero attached hydrogens (tertiary/aromatic N) is 3. The van der Waals surface area contributed by atoms with Gasteiger partial charge in [0.05, 0.1) is 10.6 Å². The smallest absolute Gasteiger partial charge is 0.407 e. The van der Waals surface area contributed by atoms with Crippen molar-refractivity contribution in [3.63, 3.8) is 0 Å². The van der Waals surface area contributed by atoms with Gasteiger partial charge in [-0.1, -0.05) is 17.7 Å². The first kappa shape index (κ1) is 24.5. The lowest BCUT2D eigenvalue weighted by Gasteiger charge is -2.32. The third-order valence-electron chi connectivity index (χ3n) is 4.99. The quantitative estimate of drug-likeness (QED) is 0.602. The average Bonchev–Trinajstić information content (AvgIpc) is 2.73. The van der Waals surface area contributed by atoms with Crippen molar-refractivity contribution in [2.45, 2.75) is 51.8 Å². The predicted molar refractivity (Wildman–Crippen MR) is 124 cm³/mol. The maximum Gasteiger partial charge on any atom is 0.407 e. The minimum absolute atomic E-state index is 0.00142. The lowest BCUT2D eigenvalue weighted by Crippen LogP contribution is -2.46. The van der Waals surface area contributed by atoms with Crippen LogP contribution in [0.4, 0.5) is 21.0 Å². The van der Waals surface area contributed by atoms with E-state index in [1.54, 1.807) is 0 Å². The zero-order chi connectivity index (χ0) is 24.2. The summed E-state index contributed by atoms with van der Waals surface area (Å²) in [5.74, 6) is -0.488. The summed E-state index contributed by atoms with van der Waals surface area (Å²) in [6.45, 7) is 6.85. The highest BCUT2D eigenvalue weighted by molar-refractivity contribution is 6.30. The van der Waals surface area contributed by atoms with Gasteiger partial charge in [0.1, 0.15) is 17.2 Å². The molecule has 3 rings (SSSR count). The second-order valence-corrected chi connectivity index (χ2v) is 9.21. The number of nitrogens with one attached hydrogen (secondary N) is 2. The number of nitrogens with two attached hydrogens (primary N) is 1. The van der Waals surface area contributed by atoms with Crippen LogP contribution < -0.4 is 21.3 Å². The number of nitrogen functional groups attached to an aromatic ring is 1. The molecule has 33 heavy (non-hydrogen) atoms. The van der Waals surface area contributed by atoms with Crippen molar-refractivity contribution in [1.29, 1.82) is 0 Å². The van der Waals surface area contributed by atoms with Crippen LogP contribution in [-0.4, -0.2) is 46.7 Å². The van der Waals surface area contributed by atoms with Gasteiger partial charge in [0.25, 0.3) is 5.91 Å². The summed E-state index contributed by atoms with van der Waals surface area (Å²) < 4.78 is 18.6. The van der Waals surface area contributed by atoms with E-state index >= 15 is 0 Å². The highest BCUT2D eigenvalue weighted by Gasteiger charge is 2.25. The largest absolute Gasteiger partial charge is 0.444 e. The van der Waals surface area contributed by atoms with Crippen LogP contribution in [0.5, 0.6) is 0 Å². The Bertz CT molecular complexity index is 1020. The molecule has 0 bridgehead atoms. The number of rotatable bonds is 5. The van der Waals surface area contributed by atoms with Crippen molar-refractivity contribution in [3.8, 4) is 0 Å². The van der Waals surface area contributed by atoms with Gasteiger partial charge in [0.15, 0.2) is 0 Å². The van der Waals surface area contributed by atoms with Crippen molar-refractivity contribution in [1.82, 2.24) is 20.6 Å². The molecule has 4 N–H and O–H groups in total.